The minimum absolute atomic E-state index is 0.745. The number of hydrogen-bond acceptors (Lipinski definition) is 6. The van der Waals surface area contributed by atoms with Gasteiger partial charge >= 0.3 is 0 Å². The van der Waals surface area contributed by atoms with Gasteiger partial charge in [-0.1, -0.05) is 6.92 Å². The normalized spacial score (nSPS) is 10.5. The summed E-state index contributed by atoms with van der Waals surface area (Å²) in [5.74, 6) is 2.58. The Morgan fingerprint density at radius 2 is 1.89 bits per heavy atom. The zero-order chi connectivity index (χ0) is 13.7. The third-order valence-corrected chi connectivity index (χ3v) is 3.49. The van der Waals surface area contributed by atoms with E-state index in [2.05, 4.69) is 32.5 Å². The van der Waals surface area contributed by atoms with Crippen LogP contribution in [0.4, 0.5) is 11.6 Å². The van der Waals surface area contributed by atoms with Gasteiger partial charge in [-0.2, -0.15) is 0 Å². The molecule has 5 nitrogen and oxygen atoms in total. The van der Waals surface area contributed by atoms with Gasteiger partial charge in [-0.15, -0.1) is 11.3 Å². The molecular formula is C13H19N5S. The van der Waals surface area contributed by atoms with E-state index in [1.165, 1.54) is 4.88 Å². The van der Waals surface area contributed by atoms with Gasteiger partial charge in [-0.3, -0.25) is 4.98 Å². The first-order valence-electron chi connectivity index (χ1n) is 6.41. The van der Waals surface area contributed by atoms with Crippen LogP contribution in [0.15, 0.2) is 11.7 Å². The fourth-order valence-corrected chi connectivity index (χ4v) is 2.25. The van der Waals surface area contributed by atoms with Crippen LogP contribution in [0, 0.1) is 13.8 Å². The number of thiazole rings is 1. The van der Waals surface area contributed by atoms with Gasteiger partial charge in [0.15, 0.2) is 0 Å². The molecule has 2 aromatic heterocycles. The number of nitrogens with zero attached hydrogens (tertiary/aromatic N) is 3. The third-order valence-electron chi connectivity index (χ3n) is 2.71. The van der Waals surface area contributed by atoms with Crippen molar-refractivity contribution in [2.24, 2.45) is 0 Å². The number of anilines is 2. The zero-order valence-corrected chi connectivity index (χ0v) is 12.3. The maximum absolute atomic E-state index is 4.46. The van der Waals surface area contributed by atoms with Gasteiger partial charge in [-0.25, -0.2) is 9.97 Å². The number of rotatable bonds is 6. The monoisotopic (exact) mass is 277 g/mol. The van der Waals surface area contributed by atoms with Crippen LogP contribution >= 0.6 is 11.3 Å². The highest BCUT2D eigenvalue weighted by Crippen LogP contribution is 2.20. The quantitative estimate of drug-likeness (QED) is 0.850. The van der Waals surface area contributed by atoms with Crippen molar-refractivity contribution >= 4 is 23.0 Å². The van der Waals surface area contributed by atoms with Crippen molar-refractivity contribution in [3.63, 3.8) is 0 Å². The molecule has 2 aromatic rings. The average molecular weight is 277 g/mol. The molecule has 0 spiro atoms. The lowest BCUT2D eigenvalue weighted by atomic mass is 10.3. The fourth-order valence-electron chi connectivity index (χ4n) is 1.72. The molecule has 0 saturated carbocycles. The fraction of sp³-hybridized carbons (Fsp3) is 0.462. The van der Waals surface area contributed by atoms with E-state index in [-0.39, 0.29) is 0 Å². The van der Waals surface area contributed by atoms with E-state index < -0.39 is 0 Å². The van der Waals surface area contributed by atoms with Crippen LogP contribution in [0.3, 0.4) is 0 Å². The largest absolute Gasteiger partial charge is 0.370 e. The Bertz CT molecular complexity index is 524. The predicted molar refractivity (Wildman–Crippen MR) is 79.7 cm³/mol. The van der Waals surface area contributed by atoms with Gasteiger partial charge in [0.1, 0.15) is 17.5 Å². The minimum atomic E-state index is 0.745. The smallest absolute Gasteiger partial charge is 0.135 e. The molecule has 2 rings (SSSR count). The first-order chi connectivity index (χ1) is 9.20. The number of aromatic nitrogens is 3. The highest BCUT2D eigenvalue weighted by atomic mass is 32.1. The second-order valence-corrected chi connectivity index (χ2v) is 5.31. The van der Waals surface area contributed by atoms with Crippen LogP contribution in [0.5, 0.6) is 0 Å². The Balaban J connectivity index is 2.12. The molecule has 0 aliphatic heterocycles. The van der Waals surface area contributed by atoms with Gasteiger partial charge in [0.2, 0.25) is 0 Å². The molecule has 0 unspecified atom stereocenters. The molecule has 2 heterocycles. The van der Waals surface area contributed by atoms with Crippen LogP contribution in [0.1, 0.15) is 29.6 Å². The summed E-state index contributed by atoms with van der Waals surface area (Å²) in [5.41, 5.74) is 2.90. The summed E-state index contributed by atoms with van der Waals surface area (Å²) in [6, 6.07) is 0. The molecule has 2 N–H and O–H groups in total. The Morgan fingerprint density at radius 3 is 2.53 bits per heavy atom. The van der Waals surface area contributed by atoms with Crippen LogP contribution in [-0.2, 0) is 6.54 Å². The summed E-state index contributed by atoms with van der Waals surface area (Å²) < 4.78 is 0. The summed E-state index contributed by atoms with van der Waals surface area (Å²) in [5, 5.41) is 6.69. The molecule has 0 aromatic carbocycles. The number of aryl methyl sites for hydroxylation is 1. The van der Waals surface area contributed by atoms with E-state index in [4.69, 9.17) is 0 Å². The van der Waals surface area contributed by atoms with Gasteiger partial charge in [-0.05, 0) is 20.3 Å². The van der Waals surface area contributed by atoms with E-state index in [1.807, 2.05) is 25.6 Å². The Hall–Kier alpha value is -1.69. The van der Waals surface area contributed by atoms with Crippen molar-refractivity contribution in [3.05, 3.63) is 28.0 Å². The van der Waals surface area contributed by atoms with Gasteiger partial charge in [0.25, 0.3) is 0 Å². The molecule has 0 atom stereocenters. The van der Waals surface area contributed by atoms with Crippen LogP contribution in [0.25, 0.3) is 0 Å². The molecule has 0 bridgehead atoms. The van der Waals surface area contributed by atoms with Gasteiger partial charge in [0, 0.05) is 23.2 Å². The van der Waals surface area contributed by atoms with Gasteiger partial charge < -0.3 is 10.6 Å². The lowest BCUT2D eigenvalue weighted by molar-refractivity contribution is 0.943. The van der Waals surface area contributed by atoms with Crippen molar-refractivity contribution in [1.29, 1.82) is 0 Å². The maximum Gasteiger partial charge on any atom is 0.135 e. The number of nitrogens with one attached hydrogen (secondary N) is 2. The molecule has 19 heavy (non-hydrogen) atoms. The van der Waals surface area contributed by atoms with Crippen molar-refractivity contribution in [3.8, 4) is 0 Å². The molecule has 0 radical (unpaired) electrons. The van der Waals surface area contributed by atoms with E-state index in [0.29, 0.717) is 0 Å². The SMILES string of the molecule is CCCNc1nc(C)nc(NCc2cncs2)c1C. The van der Waals surface area contributed by atoms with E-state index in [9.17, 15) is 0 Å². The Morgan fingerprint density at radius 1 is 1.16 bits per heavy atom. The van der Waals surface area contributed by atoms with E-state index in [1.54, 1.807) is 11.3 Å². The lowest BCUT2D eigenvalue weighted by Gasteiger charge is -2.13. The van der Waals surface area contributed by atoms with Crippen LogP contribution in [-0.4, -0.2) is 21.5 Å². The molecule has 0 amide bonds. The van der Waals surface area contributed by atoms with E-state index in [0.717, 1.165) is 42.5 Å². The third kappa shape index (κ3) is 3.64. The Kier molecular flexibility index (Phi) is 4.68. The van der Waals surface area contributed by atoms with Gasteiger partial charge in [0.05, 0.1) is 12.1 Å². The maximum atomic E-state index is 4.46. The number of hydrogen-bond donors (Lipinski definition) is 2. The highest BCUT2D eigenvalue weighted by Gasteiger charge is 2.08. The topological polar surface area (TPSA) is 62.7 Å². The predicted octanol–water partition coefficient (Wildman–Crippen LogP) is 2.98. The van der Waals surface area contributed by atoms with Crippen LogP contribution in [0.2, 0.25) is 0 Å². The Labute approximate surface area is 117 Å². The summed E-state index contributed by atoms with van der Waals surface area (Å²) in [6.45, 7) is 7.75. The first-order valence-corrected chi connectivity index (χ1v) is 7.29. The molecule has 0 saturated heterocycles. The molecule has 0 aliphatic carbocycles. The minimum Gasteiger partial charge on any atom is -0.370 e. The average Bonchev–Trinajstić information content (AvgIpc) is 2.91. The van der Waals surface area contributed by atoms with Crippen molar-refractivity contribution in [2.45, 2.75) is 33.7 Å². The zero-order valence-electron chi connectivity index (χ0n) is 11.5. The lowest BCUT2D eigenvalue weighted by Crippen LogP contribution is -2.10. The summed E-state index contributed by atoms with van der Waals surface area (Å²) >= 11 is 1.64. The molecular weight excluding hydrogens is 258 g/mol. The summed E-state index contributed by atoms with van der Waals surface area (Å²) in [7, 11) is 0. The second kappa shape index (κ2) is 6.47. The second-order valence-electron chi connectivity index (χ2n) is 4.34. The first kappa shape index (κ1) is 13.7. The summed E-state index contributed by atoms with van der Waals surface area (Å²) in [6.07, 6.45) is 2.95. The summed E-state index contributed by atoms with van der Waals surface area (Å²) in [4.78, 5) is 14.2. The van der Waals surface area contributed by atoms with Crippen molar-refractivity contribution in [2.75, 3.05) is 17.2 Å². The molecule has 102 valence electrons. The van der Waals surface area contributed by atoms with E-state index >= 15 is 0 Å². The highest BCUT2D eigenvalue weighted by molar-refractivity contribution is 7.09. The van der Waals surface area contributed by atoms with Crippen LogP contribution < -0.4 is 10.6 Å². The van der Waals surface area contributed by atoms with Crippen molar-refractivity contribution in [1.82, 2.24) is 15.0 Å². The standard InChI is InChI=1S/C13H19N5S/c1-4-5-15-12-9(2)13(18-10(3)17-12)16-7-11-6-14-8-19-11/h6,8H,4-5,7H2,1-3H3,(H2,15,16,17,18). The molecule has 6 heteroatoms. The molecule has 0 fully saturated rings. The molecule has 0 aliphatic rings. The van der Waals surface area contributed by atoms with Crippen molar-refractivity contribution < 1.29 is 0 Å².